The molecule has 27 heavy (non-hydrogen) atoms. The van der Waals surface area contributed by atoms with Gasteiger partial charge in [0.1, 0.15) is 0 Å². The molecule has 0 saturated carbocycles. The van der Waals surface area contributed by atoms with Crippen LogP contribution in [-0.2, 0) is 4.74 Å². The molecule has 0 unspecified atom stereocenters. The van der Waals surface area contributed by atoms with Crippen LogP contribution in [0.2, 0.25) is 0 Å². The van der Waals surface area contributed by atoms with Crippen molar-refractivity contribution >= 4 is 23.2 Å². The minimum atomic E-state index is -0.202. The van der Waals surface area contributed by atoms with Crippen molar-refractivity contribution in [1.29, 1.82) is 0 Å². The number of hydrogen-bond donors (Lipinski definition) is 2. The van der Waals surface area contributed by atoms with Gasteiger partial charge < -0.3 is 20.3 Å². The number of ether oxygens (including phenoxy) is 1. The molecular weight excluding hydrogens is 342 g/mol. The van der Waals surface area contributed by atoms with E-state index in [9.17, 15) is 9.59 Å². The summed E-state index contributed by atoms with van der Waals surface area (Å²) in [6.07, 6.45) is 0. The number of nitrogens with one attached hydrogen (secondary N) is 2. The number of anilines is 2. The van der Waals surface area contributed by atoms with Crippen molar-refractivity contribution in [2.24, 2.45) is 0 Å². The Bertz CT molecular complexity index is 797. The fourth-order valence-electron chi connectivity index (χ4n) is 2.97. The molecule has 6 heteroatoms. The molecule has 2 N–H and O–H groups in total. The van der Waals surface area contributed by atoms with Crippen molar-refractivity contribution in [3.63, 3.8) is 0 Å². The molecule has 0 aliphatic carbocycles. The lowest BCUT2D eigenvalue weighted by atomic mass is 10.1. The monoisotopic (exact) mass is 367 g/mol. The highest BCUT2D eigenvalue weighted by Crippen LogP contribution is 2.26. The molecule has 2 aromatic rings. The van der Waals surface area contributed by atoms with Gasteiger partial charge in [0.25, 0.3) is 11.8 Å². The number of benzene rings is 2. The first-order valence-electron chi connectivity index (χ1n) is 9.18. The van der Waals surface area contributed by atoms with Crippen LogP contribution in [0, 0.1) is 0 Å². The average molecular weight is 367 g/mol. The minimum Gasteiger partial charge on any atom is -0.378 e. The number of para-hydroxylation sites is 2. The predicted octanol–water partition coefficient (Wildman–Crippen LogP) is 2.91. The van der Waals surface area contributed by atoms with Crippen LogP contribution in [0.1, 0.15) is 34.6 Å². The zero-order chi connectivity index (χ0) is 19.2. The first-order chi connectivity index (χ1) is 13.0. The molecule has 0 radical (unpaired) electrons. The van der Waals surface area contributed by atoms with Crippen molar-refractivity contribution in [3.8, 4) is 0 Å². The van der Waals surface area contributed by atoms with Gasteiger partial charge in [0.2, 0.25) is 0 Å². The number of rotatable bonds is 5. The summed E-state index contributed by atoms with van der Waals surface area (Å²) in [5, 5.41) is 5.82. The van der Waals surface area contributed by atoms with E-state index in [-0.39, 0.29) is 17.9 Å². The summed E-state index contributed by atoms with van der Waals surface area (Å²) in [6.45, 7) is 6.78. The molecule has 0 aromatic heterocycles. The summed E-state index contributed by atoms with van der Waals surface area (Å²) >= 11 is 0. The van der Waals surface area contributed by atoms with Gasteiger partial charge in [-0.3, -0.25) is 9.59 Å². The van der Waals surface area contributed by atoms with Crippen molar-refractivity contribution < 1.29 is 14.3 Å². The number of hydrogen-bond acceptors (Lipinski definition) is 4. The van der Waals surface area contributed by atoms with E-state index in [1.807, 2.05) is 38.1 Å². The second kappa shape index (κ2) is 8.68. The molecule has 6 nitrogen and oxygen atoms in total. The molecule has 1 saturated heterocycles. The van der Waals surface area contributed by atoms with E-state index in [4.69, 9.17) is 4.74 Å². The Labute approximate surface area is 159 Å². The first-order valence-corrected chi connectivity index (χ1v) is 9.18. The van der Waals surface area contributed by atoms with E-state index in [0.29, 0.717) is 24.3 Å². The molecule has 0 spiro atoms. The van der Waals surface area contributed by atoms with Gasteiger partial charge in [0.15, 0.2) is 0 Å². The third-order valence-corrected chi connectivity index (χ3v) is 4.33. The fraction of sp³-hybridized carbons (Fsp3) is 0.333. The summed E-state index contributed by atoms with van der Waals surface area (Å²) in [7, 11) is 0. The highest BCUT2D eigenvalue weighted by molar-refractivity contribution is 6.06. The van der Waals surface area contributed by atoms with Crippen molar-refractivity contribution in [1.82, 2.24) is 5.32 Å². The van der Waals surface area contributed by atoms with Gasteiger partial charge in [0.05, 0.1) is 24.6 Å². The molecule has 0 bridgehead atoms. The van der Waals surface area contributed by atoms with E-state index in [2.05, 4.69) is 15.5 Å². The maximum absolute atomic E-state index is 12.7. The van der Waals surface area contributed by atoms with Crippen LogP contribution in [0.3, 0.4) is 0 Å². The van der Waals surface area contributed by atoms with Crippen molar-refractivity contribution in [2.75, 3.05) is 36.5 Å². The van der Waals surface area contributed by atoms with Gasteiger partial charge in [-0.05, 0) is 50.2 Å². The lowest BCUT2D eigenvalue weighted by molar-refractivity contribution is 0.0941. The normalized spacial score (nSPS) is 14.1. The van der Waals surface area contributed by atoms with E-state index in [0.717, 1.165) is 24.5 Å². The second-order valence-electron chi connectivity index (χ2n) is 6.78. The van der Waals surface area contributed by atoms with Gasteiger partial charge in [-0.15, -0.1) is 0 Å². The lowest BCUT2D eigenvalue weighted by Gasteiger charge is -2.30. The van der Waals surface area contributed by atoms with Crippen LogP contribution in [0.5, 0.6) is 0 Å². The standard InChI is InChI=1S/C21H25N3O3/c1-15(2)22-20(25)16-7-9-17(10-8-16)21(26)23-18-5-3-4-6-19(18)24-11-13-27-14-12-24/h3-10,15H,11-14H2,1-2H3,(H,22,25)(H,23,26). The summed E-state index contributed by atoms with van der Waals surface area (Å²) in [5.41, 5.74) is 2.80. The van der Waals surface area contributed by atoms with Crippen molar-refractivity contribution in [2.45, 2.75) is 19.9 Å². The molecule has 1 aliphatic heterocycles. The maximum atomic E-state index is 12.7. The first kappa shape index (κ1) is 18.9. The van der Waals surface area contributed by atoms with Crippen molar-refractivity contribution in [3.05, 3.63) is 59.7 Å². The Morgan fingerprint density at radius 2 is 1.52 bits per heavy atom. The quantitative estimate of drug-likeness (QED) is 0.852. The van der Waals surface area contributed by atoms with Crippen LogP contribution in [0.4, 0.5) is 11.4 Å². The number of amides is 2. The number of carbonyl (C=O) groups is 2. The number of morpholine rings is 1. The fourth-order valence-corrected chi connectivity index (χ4v) is 2.97. The van der Waals surface area contributed by atoms with E-state index in [1.54, 1.807) is 24.3 Å². The Hall–Kier alpha value is -2.86. The smallest absolute Gasteiger partial charge is 0.255 e. The third-order valence-electron chi connectivity index (χ3n) is 4.33. The second-order valence-corrected chi connectivity index (χ2v) is 6.78. The third kappa shape index (κ3) is 4.86. The molecule has 2 amide bonds. The Morgan fingerprint density at radius 1 is 0.926 bits per heavy atom. The van der Waals surface area contributed by atoms with Gasteiger partial charge in [-0.1, -0.05) is 12.1 Å². The van der Waals surface area contributed by atoms with E-state index in [1.165, 1.54) is 0 Å². The average Bonchev–Trinajstić information content (AvgIpc) is 2.68. The highest BCUT2D eigenvalue weighted by Gasteiger charge is 2.16. The molecule has 0 atom stereocenters. The highest BCUT2D eigenvalue weighted by atomic mass is 16.5. The lowest BCUT2D eigenvalue weighted by Crippen LogP contribution is -2.36. The summed E-state index contributed by atoms with van der Waals surface area (Å²) in [6, 6.07) is 14.5. The molecule has 2 aromatic carbocycles. The SMILES string of the molecule is CC(C)NC(=O)c1ccc(C(=O)Nc2ccccc2N2CCOCC2)cc1. The van der Waals surface area contributed by atoms with E-state index >= 15 is 0 Å². The summed E-state index contributed by atoms with van der Waals surface area (Å²) < 4.78 is 5.40. The largest absolute Gasteiger partial charge is 0.378 e. The van der Waals surface area contributed by atoms with Crippen LogP contribution in [0.25, 0.3) is 0 Å². The zero-order valence-electron chi connectivity index (χ0n) is 15.7. The molecule has 1 heterocycles. The molecule has 142 valence electrons. The van der Waals surface area contributed by atoms with Crippen LogP contribution in [0.15, 0.2) is 48.5 Å². The summed E-state index contributed by atoms with van der Waals surface area (Å²) in [4.78, 5) is 26.9. The van der Waals surface area contributed by atoms with Crippen LogP contribution >= 0.6 is 0 Å². The van der Waals surface area contributed by atoms with Gasteiger partial charge >= 0.3 is 0 Å². The molecule has 1 aliphatic rings. The number of nitrogens with zero attached hydrogens (tertiary/aromatic N) is 1. The topological polar surface area (TPSA) is 70.7 Å². The maximum Gasteiger partial charge on any atom is 0.255 e. The predicted molar refractivity (Wildman–Crippen MR) is 106 cm³/mol. The van der Waals surface area contributed by atoms with Crippen LogP contribution in [-0.4, -0.2) is 44.2 Å². The molecule has 3 rings (SSSR count). The van der Waals surface area contributed by atoms with E-state index < -0.39 is 0 Å². The van der Waals surface area contributed by atoms with Gasteiger partial charge in [-0.25, -0.2) is 0 Å². The Morgan fingerprint density at radius 3 is 2.15 bits per heavy atom. The zero-order valence-corrected chi connectivity index (χ0v) is 15.7. The summed E-state index contributed by atoms with van der Waals surface area (Å²) in [5.74, 6) is -0.346. The Balaban J connectivity index is 1.71. The Kier molecular flexibility index (Phi) is 6.08. The molecule has 1 fully saturated rings. The van der Waals surface area contributed by atoms with Gasteiger partial charge in [-0.2, -0.15) is 0 Å². The number of carbonyl (C=O) groups excluding carboxylic acids is 2. The minimum absolute atomic E-state index is 0.0668. The van der Waals surface area contributed by atoms with Crippen LogP contribution < -0.4 is 15.5 Å². The molecular formula is C21H25N3O3. The van der Waals surface area contributed by atoms with Gasteiger partial charge in [0, 0.05) is 30.3 Å².